The molecule has 150 valence electrons. The van der Waals surface area contributed by atoms with Crippen molar-refractivity contribution < 1.29 is 23.3 Å². The smallest absolute Gasteiger partial charge is 0.333 e. The van der Waals surface area contributed by atoms with Gasteiger partial charge in [0.05, 0.1) is 22.1 Å². The summed E-state index contributed by atoms with van der Waals surface area (Å²) in [4.78, 5) is 29.3. The lowest BCUT2D eigenvalue weighted by Crippen LogP contribution is -2.54. The highest BCUT2D eigenvalue weighted by Gasteiger charge is 2.46. The zero-order valence-corrected chi connectivity index (χ0v) is 16.7. The number of halogens is 1. The van der Waals surface area contributed by atoms with Crippen molar-refractivity contribution in [2.75, 3.05) is 34.8 Å². The fourth-order valence-corrected chi connectivity index (χ4v) is 5.46. The molecule has 0 saturated carbocycles. The van der Waals surface area contributed by atoms with Crippen LogP contribution in [0, 0.1) is 0 Å². The Morgan fingerprint density at radius 3 is 2.89 bits per heavy atom. The Labute approximate surface area is 167 Å². The normalized spacial score (nSPS) is 25.3. The third kappa shape index (κ3) is 3.26. The molecule has 2 saturated heterocycles. The quantitative estimate of drug-likeness (QED) is 0.596. The molecule has 8 nitrogen and oxygen atoms in total. The van der Waals surface area contributed by atoms with Crippen molar-refractivity contribution in [3.63, 3.8) is 0 Å². The number of nitrogens with one attached hydrogen (secondary N) is 2. The van der Waals surface area contributed by atoms with Gasteiger partial charge in [-0.15, -0.1) is 0 Å². The van der Waals surface area contributed by atoms with Gasteiger partial charge in [0.1, 0.15) is 11.6 Å². The Hall–Kier alpha value is -2.14. The van der Waals surface area contributed by atoms with Gasteiger partial charge in [-0.1, -0.05) is 18.7 Å². The van der Waals surface area contributed by atoms with Gasteiger partial charge in [0.15, 0.2) is 0 Å². The number of fused-ring (bicyclic) bond motifs is 1. The minimum atomic E-state index is -2.13. The number of aromatic nitrogens is 1. The maximum Gasteiger partial charge on any atom is 0.333 e. The van der Waals surface area contributed by atoms with Crippen molar-refractivity contribution in [3.8, 4) is 0 Å². The summed E-state index contributed by atoms with van der Waals surface area (Å²) < 4.78 is 27.6. The van der Waals surface area contributed by atoms with Gasteiger partial charge < -0.3 is 20.6 Å². The van der Waals surface area contributed by atoms with Crippen molar-refractivity contribution in [1.29, 1.82) is 0 Å². The minimum Gasteiger partial charge on any atom is -0.478 e. The molecule has 2 unspecified atom stereocenters. The number of anilines is 2. The van der Waals surface area contributed by atoms with E-state index < -0.39 is 27.8 Å². The van der Waals surface area contributed by atoms with Gasteiger partial charge in [-0.25, -0.2) is 14.2 Å². The number of aliphatic carboxylic acids is 1. The Morgan fingerprint density at radius 2 is 2.29 bits per heavy atom. The molecule has 0 aromatic carbocycles. The number of carbonyl (C=O) groups is 2. The molecule has 3 N–H and O–H groups in total. The van der Waals surface area contributed by atoms with Crippen molar-refractivity contribution >= 4 is 46.1 Å². The summed E-state index contributed by atoms with van der Waals surface area (Å²) in [5.74, 6) is -0.0779. The van der Waals surface area contributed by atoms with Crippen molar-refractivity contribution in [2.45, 2.75) is 23.7 Å². The fraction of sp³-hybridized carbons (Fsp3) is 0.471. The second-order valence-corrected chi connectivity index (χ2v) is 9.94. The molecule has 2 fully saturated rings. The summed E-state index contributed by atoms with van der Waals surface area (Å²) in [5, 5.41) is 12.3. The highest BCUT2D eigenvalue weighted by molar-refractivity contribution is 8.01. The molecule has 0 radical (unpaired) electrons. The van der Waals surface area contributed by atoms with Crippen LogP contribution >= 0.6 is 11.8 Å². The Morgan fingerprint density at radius 1 is 1.54 bits per heavy atom. The van der Waals surface area contributed by atoms with Crippen LogP contribution in [0.2, 0.25) is 0 Å². The van der Waals surface area contributed by atoms with E-state index in [9.17, 15) is 18.9 Å². The van der Waals surface area contributed by atoms with Gasteiger partial charge in [-0.3, -0.25) is 9.00 Å². The maximum atomic E-state index is 15.6. The zero-order valence-electron chi connectivity index (χ0n) is 15.0. The number of nitrogens with zero attached hydrogens (tertiary/aromatic N) is 2. The van der Waals surface area contributed by atoms with Crippen molar-refractivity contribution in [1.82, 2.24) is 10.3 Å². The van der Waals surface area contributed by atoms with Gasteiger partial charge in [0.25, 0.3) is 5.12 Å². The molecule has 3 aliphatic rings. The number of carboxylic acids is 1. The highest BCUT2D eigenvalue weighted by Crippen LogP contribution is 2.45. The van der Waals surface area contributed by atoms with Crippen LogP contribution in [0.5, 0.6) is 0 Å². The number of carbonyl (C=O) groups excluding carboxylic acids is 1. The molecule has 0 spiro atoms. The van der Waals surface area contributed by atoms with Gasteiger partial charge in [-0.2, -0.15) is 0 Å². The topological polar surface area (TPSA) is 112 Å². The third-order valence-electron chi connectivity index (χ3n) is 4.97. The SMILES string of the molecule is CCS(=O)C1CN(c2nc3c(cc2C2(F)NC(=O)CS2)CC(C(=O)O)=CN3)C1. The number of hydrogen-bond acceptors (Lipinski definition) is 7. The second-order valence-electron chi connectivity index (χ2n) is 6.79. The lowest BCUT2D eigenvalue weighted by atomic mass is 10.0. The summed E-state index contributed by atoms with van der Waals surface area (Å²) in [6, 6.07) is 1.57. The molecule has 0 bridgehead atoms. The summed E-state index contributed by atoms with van der Waals surface area (Å²) >= 11 is 0.836. The zero-order chi connectivity index (χ0) is 20.1. The fourth-order valence-electron chi connectivity index (χ4n) is 3.41. The average Bonchev–Trinajstić information content (AvgIpc) is 2.99. The van der Waals surface area contributed by atoms with E-state index >= 15 is 4.39 Å². The molecule has 3 aliphatic heterocycles. The lowest BCUT2D eigenvalue weighted by Gasteiger charge is -2.41. The van der Waals surface area contributed by atoms with Crippen LogP contribution < -0.4 is 15.5 Å². The Balaban J connectivity index is 1.71. The molecule has 0 aliphatic carbocycles. The van der Waals surface area contributed by atoms with Crippen LogP contribution in [0.3, 0.4) is 0 Å². The predicted octanol–water partition coefficient (Wildman–Crippen LogP) is 0.918. The molecule has 2 atom stereocenters. The number of rotatable bonds is 5. The van der Waals surface area contributed by atoms with E-state index in [1.165, 1.54) is 6.20 Å². The molecule has 1 aromatic heterocycles. The van der Waals surface area contributed by atoms with Crippen LogP contribution in [0.4, 0.5) is 16.0 Å². The first-order valence-electron chi connectivity index (χ1n) is 8.80. The average molecular weight is 426 g/mol. The summed E-state index contributed by atoms with van der Waals surface area (Å²) in [5.41, 5.74) is 0.884. The van der Waals surface area contributed by atoms with Crippen molar-refractivity contribution in [2.24, 2.45) is 0 Å². The predicted molar refractivity (Wildman–Crippen MR) is 105 cm³/mol. The lowest BCUT2D eigenvalue weighted by molar-refractivity contribution is -0.132. The molecular formula is C17H19FN4O4S2. The van der Waals surface area contributed by atoms with E-state index in [2.05, 4.69) is 15.6 Å². The molecule has 4 heterocycles. The van der Waals surface area contributed by atoms with E-state index in [1.54, 1.807) is 6.07 Å². The Bertz CT molecular complexity index is 919. The van der Waals surface area contributed by atoms with E-state index in [4.69, 9.17) is 0 Å². The summed E-state index contributed by atoms with van der Waals surface area (Å²) in [6.45, 7) is 2.84. The van der Waals surface area contributed by atoms with E-state index in [0.717, 1.165) is 11.8 Å². The van der Waals surface area contributed by atoms with Crippen molar-refractivity contribution in [3.05, 3.63) is 29.0 Å². The second kappa shape index (κ2) is 7.03. The highest BCUT2D eigenvalue weighted by atomic mass is 32.2. The first-order chi connectivity index (χ1) is 13.3. The summed E-state index contributed by atoms with van der Waals surface area (Å²) in [6.07, 6.45) is 1.48. The first-order valence-corrected chi connectivity index (χ1v) is 11.2. The minimum absolute atomic E-state index is 0.00327. The maximum absolute atomic E-state index is 15.6. The number of alkyl halides is 1. The molecular weight excluding hydrogens is 407 g/mol. The van der Waals surface area contributed by atoms with Gasteiger partial charge in [0.2, 0.25) is 5.91 Å². The number of thioether (sulfide) groups is 1. The van der Waals surface area contributed by atoms with E-state index in [-0.39, 0.29) is 28.6 Å². The number of pyridine rings is 1. The standard InChI is InChI=1S/C17H19FN4O4S2/c1-2-28(26)11-6-22(7-11)15-12(17(18)21-13(23)8-27-17)4-9-3-10(16(24)25)5-19-14(9)20-15/h4-5,11H,2-3,6-8H2,1H3,(H,19,20)(H,21,23)(H,24,25). The van der Waals surface area contributed by atoms with Crippen LogP contribution in [-0.4, -0.2) is 56.0 Å². The largest absolute Gasteiger partial charge is 0.478 e. The molecule has 1 aromatic rings. The molecule has 1 amide bonds. The summed E-state index contributed by atoms with van der Waals surface area (Å²) in [7, 11) is -0.945. The number of amides is 1. The molecule has 11 heteroatoms. The van der Waals surface area contributed by atoms with Gasteiger partial charge >= 0.3 is 5.97 Å². The first kappa shape index (κ1) is 19.2. The van der Waals surface area contributed by atoms with Crippen LogP contribution in [-0.2, 0) is 31.9 Å². The monoisotopic (exact) mass is 426 g/mol. The molecule has 4 rings (SSSR count). The van der Waals surface area contributed by atoms with E-state index in [0.29, 0.717) is 36.0 Å². The van der Waals surface area contributed by atoms with Crippen LogP contribution in [0.1, 0.15) is 18.1 Å². The van der Waals surface area contributed by atoms with Gasteiger partial charge in [0, 0.05) is 47.8 Å². The molecule has 28 heavy (non-hydrogen) atoms. The van der Waals surface area contributed by atoms with Gasteiger partial charge in [-0.05, 0) is 6.07 Å². The van der Waals surface area contributed by atoms with Crippen LogP contribution in [0.25, 0.3) is 0 Å². The third-order valence-corrected chi connectivity index (χ3v) is 7.71. The van der Waals surface area contributed by atoms with Crippen LogP contribution in [0.15, 0.2) is 17.8 Å². The van der Waals surface area contributed by atoms with E-state index in [1.807, 2.05) is 11.8 Å². The number of hydrogen-bond donors (Lipinski definition) is 3. The number of carboxylic acid groups (broad SMARTS) is 1. The Kier molecular flexibility index (Phi) is 4.82.